The van der Waals surface area contributed by atoms with Gasteiger partial charge in [-0.25, -0.2) is 17.9 Å². The number of hydrogen-bond acceptors (Lipinski definition) is 5. The lowest BCUT2D eigenvalue weighted by Gasteiger charge is -2.09. The fraction of sp³-hybridized carbons (Fsp3) is 0.222. The number of rotatable bonds is 5. The van der Waals surface area contributed by atoms with Gasteiger partial charge in [-0.3, -0.25) is 10.6 Å². The minimum Gasteiger partial charge on any atom is -0.351 e. The monoisotopic (exact) mass is 276 g/mol. The van der Waals surface area contributed by atoms with Crippen molar-refractivity contribution in [3.05, 3.63) is 29.6 Å². The molecule has 0 saturated heterocycles. The van der Waals surface area contributed by atoms with E-state index >= 15 is 0 Å². The standard InChI is InChI=1S/C9H13FN4O3S/c10-7-3-1-2-6(8(7)14-11)9(15)13-4-5-18(12,16)17/h1-3,14H,4-5,11H2,(H,13,15)(H2,12,16,17). The fourth-order valence-corrected chi connectivity index (χ4v) is 1.65. The third kappa shape index (κ3) is 3.95. The van der Waals surface area contributed by atoms with Gasteiger partial charge < -0.3 is 10.7 Å². The molecule has 0 fully saturated rings. The fourth-order valence-electron chi connectivity index (χ4n) is 1.26. The molecular weight excluding hydrogens is 263 g/mol. The third-order valence-corrected chi connectivity index (χ3v) is 2.85. The Morgan fingerprint density at radius 3 is 2.61 bits per heavy atom. The average Bonchev–Trinajstić information content (AvgIpc) is 2.26. The quantitative estimate of drug-likeness (QED) is 0.410. The van der Waals surface area contributed by atoms with Crippen LogP contribution in [0, 0.1) is 5.82 Å². The second-order valence-electron chi connectivity index (χ2n) is 3.43. The molecule has 0 spiro atoms. The Morgan fingerprint density at radius 2 is 2.06 bits per heavy atom. The van der Waals surface area contributed by atoms with Gasteiger partial charge in [-0.1, -0.05) is 6.07 Å². The molecule has 100 valence electrons. The molecule has 0 saturated carbocycles. The number of para-hydroxylation sites is 1. The van der Waals surface area contributed by atoms with Gasteiger partial charge in [0.25, 0.3) is 5.91 Å². The minimum absolute atomic E-state index is 0.0214. The number of carbonyl (C=O) groups excluding carboxylic acids is 1. The van der Waals surface area contributed by atoms with E-state index in [-0.39, 0.29) is 17.8 Å². The highest BCUT2D eigenvalue weighted by atomic mass is 32.2. The van der Waals surface area contributed by atoms with Crippen LogP contribution in [-0.2, 0) is 10.0 Å². The number of hydrogen-bond donors (Lipinski definition) is 4. The molecule has 0 aliphatic rings. The first kappa shape index (κ1) is 14.4. The van der Waals surface area contributed by atoms with E-state index in [1.165, 1.54) is 12.1 Å². The number of nitrogens with one attached hydrogen (secondary N) is 2. The SMILES string of the molecule is NNc1c(F)cccc1C(=O)NCCS(N)(=O)=O. The summed E-state index contributed by atoms with van der Waals surface area (Å²) < 4.78 is 34.6. The summed E-state index contributed by atoms with van der Waals surface area (Å²) in [5, 5.41) is 7.07. The summed E-state index contributed by atoms with van der Waals surface area (Å²) in [6, 6.07) is 3.83. The van der Waals surface area contributed by atoms with Crippen molar-refractivity contribution in [2.75, 3.05) is 17.7 Å². The van der Waals surface area contributed by atoms with Gasteiger partial charge in [0.1, 0.15) is 5.82 Å². The van der Waals surface area contributed by atoms with E-state index in [1.807, 2.05) is 0 Å². The maximum atomic E-state index is 13.3. The molecule has 1 aromatic rings. The number of hydrazine groups is 1. The van der Waals surface area contributed by atoms with E-state index in [2.05, 4.69) is 10.7 Å². The second kappa shape index (κ2) is 5.76. The Balaban J connectivity index is 2.76. The molecule has 7 nitrogen and oxygen atoms in total. The maximum Gasteiger partial charge on any atom is 0.253 e. The van der Waals surface area contributed by atoms with Gasteiger partial charge in [-0.15, -0.1) is 0 Å². The average molecular weight is 276 g/mol. The summed E-state index contributed by atoms with van der Waals surface area (Å²) in [7, 11) is -3.65. The number of amides is 1. The second-order valence-corrected chi connectivity index (χ2v) is 5.16. The van der Waals surface area contributed by atoms with Gasteiger partial charge in [-0.05, 0) is 12.1 Å². The Labute approximate surface area is 103 Å². The zero-order valence-electron chi connectivity index (χ0n) is 9.31. The van der Waals surface area contributed by atoms with Gasteiger partial charge in [0, 0.05) is 6.54 Å². The van der Waals surface area contributed by atoms with E-state index in [1.54, 1.807) is 0 Å². The highest BCUT2D eigenvalue weighted by Crippen LogP contribution is 2.18. The molecule has 1 aromatic carbocycles. The van der Waals surface area contributed by atoms with Crippen LogP contribution in [0.3, 0.4) is 0 Å². The van der Waals surface area contributed by atoms with Crippen LogP contribution in [0.4, 0.5) is 10.1 Å². The highest BCUT2D eigenvalue weighted by Gasteiger charge is 2.14. The number of primary sulfonamides is 1. The van der Waals surface area contributed by atoms with Crippen LogP contribution in [0.1, 0.15) is 10.4 Å². The Kier molecular flexibility index (Phi) is 4.59. The summed E-state index contributed by atoms with van der Waals surface area (Å²) in [6.45, 7) is -0.168. The van der Waals surface area contributed by atoms with Crippen LogP contribution in [0.15, 0.2) is 18.2 Å². The summed E-state index contributed by atoms with van der Waals surface area (Å²) >= 11 is 0. The Morgan fingerprint density at radius 1 is 1.39 bits per heavy atom. The molecule has 0 heterocycles. The number of benzene rings is 1. The minimum atomic E-state index is -3.65. The first-order chi connectivity index (χ1) is 8.35. The molecule has 0 atom stereocenters. The van der Waals surface area contributed by atoms with Crippen LogP contribution in [0.5, 0.6) is 0 Å². The summed E-state index contributed by atoms with van der Waals surface area (Å²) in [4.78, 5) is 11.7. The van der Waals surface area contributed by atoms with Crippen molar-refractivity contribution in [3.8, 4) is 0 Å². The highest BCUT2D eigenvalue weighted by molar-refractivity contribution is 7.89. The van der Waals surface area contributed by atoms with Crippen molar-refractivity contribution in [2.24, 2.45) is 11.0 Å². The number of sulfonamides is 1. The van der Waals surface area contributed by atoms with E-state index in [9.17, 15) is 17.6 Å². The summed E-state index contributed by atoms with van der Waals surface area (Å²) in [6.07, 6.45) is 0. The van der Waals surface area contributed by atoms with Gasteiger partial charge in [0.05, 0.1) is 17.0 Å². The van der Waals surface area contributed by atoms with Gasteiger partial charge in [0.2, 0.25) is 10.0 Å². The van der Waals surface area contributed by atoms with Gasteiger partial charge in [-0.2, -0.15) is 0 Å². The molecule has 0 bridgehead atoms. The van der Waals surface area contributed by atoms with Crippen LogP contribution >= 0.6 is 0 Å². The van der Waals surface area contributed by atoms with E-state index in [4.69, 9.17) is 11.0 Å². The molecule has 18 heavy (non-hydrogen) atoms. The smallest absolute Gasteiger partial charge is 0.253 e. The van der Waals surface area contributed by atoms with Crippen molar-refractivity contribution in [1.82, 2.24) is 5.32 Å². The number of anilines is 1. The molecule has 1 rings (SSSR count). The number of halogens is 1. The summed E-state index contributed by atoms with van der Waals surface area (Å²) in [5.41, 5.74) is 1.89. The Bertz CT molecular complexity index is 547. The van der Waals surface area contributed by atoms with Gasteiger partial charge >= 0.3 is 0 Å². The van der Waals surface area contributed by atoms with Crippen molar-refractivity contribution < 1.29 is 17.6 Å². The lowest BCUT2D eigenvalue weighted by Crippen LogP contribution is -2.32. The number of nitrogen functional groups attached to an aromatic ring is 1. The number of nitrogens with two attached hydrogens (primary N) is 2. The van der Waals surface area contributed by atoms with Crippen LogP contribution in [0.25, 0.3) is 0 Å². The van der Waals surface area contributed by atoms with Gasteiger partial charge in [0.15, 0.2) is 0 Å². The lowest BCUT2D eigenvalue weighted by molar-refractivity contribution is 0.0956. The molecule has 0 radical (unpaired) electrons. The van der Waals surface area contributed by atoms with Crippen LogP contribution in [-0.4, -0.2) is 26.6 Å². The Hall–Kier alpha value is -1.71. The van der Waals surface area contributed by atoms with Crippen molar-refractivity contribution in [1.29, 1.82) is 0 Å². The molecule has 0 aliphatic heterocycles. The van der Waals surface area contributed by atoms with Crippen molar-refractivity contribution >= 4 is 21.6 Å². The molecule has 6 N–H and O–H groups in total. The molecule has 9 heteroatoms. The van der Waals surface area contributed by atoms with Crippen LogP contribution < -0.4 is 21.7 Å². The van der Waals surface area contributed by atoms with E-state index in [0.29, 0.717) is 0 Å². The third-order valence-electron chi connectivity index (χ3n) is 2.07. The number of carbonyl (C=O) groups is 1. The predicted molar refractivity (Wildman–Crippen MR) is 64.5 cm³/mol. The molecule has 0 aliphatic carbocycles. The molecule has 0 unspecified atom stereocenters. The zero-order chi connectivity index (χ0) is 13.8. The molecule has 1 amide bonds. The van der Waals surface area contributed by atoms with E-state index in [0.717, 1.165) is 6.07 Å². The maximum absolute atomic E-state index is 13.3. The zero-order valence-corrected chi connectivity index (χ0v) is 10.1. The van der Waals surface area contributed by atoms with Crippen molar-refractivity contribution in [2.45, 2.75) is 0 Å². The topological polar surface area (TPSA) is 127 Å². The largest absolute Gasteiger partial charge is 0.351 e. The molecular formula is C9H13FN4O3S. The molecule has 0 aromatic heterocycles. The predicted octanol–water partition coefficient (Wildman–Crippen LogP) is -0.870. The van der Waals surface area contributed by atoms with Crippen LogP contribution in [0.2, 0.25) is 0 Å². The van der Waals surface area contributed by atoms with Crippen molar-refractivity contribution in [3.63, 3.8) is 0 Å². The first-order valence-electron chi connectivity index (χ1n) is 4.89. The summed E-state index contributed by atoms with van der Waals surface area (Å²) in [5.74, 6) is 3.37. The van der Waals surface area contributed by atoms with E-state index < -0.39 is 27.5 Å². The lowest BCUT2D eigenvalue weighted by atomic mass is 10.1. The normalized spacial score (nSPS) is 11.1. The first-order valence-corrected chi connectivity index (χ1v) is 6.60.